The van der Waals surface area contributed by atoms with Crippen molar-refractivity contribution < 1.29 is 33.8 Å². The van der Waals surface area contributed by atoms with Gasteiger partial charge >= 0.3 is 5.97 Å². The molecule has 49 heavy (non-hydrogen) atoms. The van der Waals surface area contributed by atoms with Gasteiger partial charge in [-0.3, -0.25) is 19.2 Å². The predicted octanol–water partition coefficient (Wildman–Crippen LogP) is 4.71. The van der Waals surface area contributed by atoms with Crippen LogP contribution in [0.2, 0.25) is 0 Å². The van der Waals surface area contributed by atoms with Gasteiger partial charge in [0.05, 0.1) is 24.5 Å². The van der Waals surface area contributed by atoms with Crippen LogP contribution in [-0.4, -0.2) is 82.5 Å². The Morgan fingerprint density at radius 3 is 2.49 bits per heavy atom. The minimum atomic E-state index is -1.28. The smallest absolute Gasteiger partial charge is 0.313 e. The van der Waals surface area contributed by atoms with E-state index >= 15 is 0 Å². The second-order valence-corrected chi connectivity index (χ2v) is 14.2. The van der Waals surface area contributed by atoms with E-state index in [2.05, 4.69) is 34.4 Å². The predicted molar refractivity (Wildman–Crippen MR) is 190 cm³/mol. The van der Waals surface area contributed by atoms with Crippen molar-refractivity contribution in [3.8, 4) is 0 Å². The number of hydrogen-bond acceptors (Lipinski definition) is 7. The summed E-state index contributed by atoms with van der Waals surface area (Å²) in [5.74, 6) is -3.41. The Labute approximate surface area is 296 Å². The van der Waals surface area contributed by atoms with E-state index in [-0.39, 0.29) is 55.2 Å². The number of ether oxygens (including phenoxy) is 2. The van der Waals surface area contributed by atoms with Gasteiger partial charge in [0.15, 0.2) is 0 Å². The molecule has 262 valence electrons. The summed E-state index contributed by atoms with van der Waals surface area (Å²) in [5.41, 5.74) is 1.96. The molecule has 3 heterocycles. The summed E-state index contributed by atoms with van der Waals surface area (Å²) >= 11 is 3.73. The molecule has 1 spiro atoms. The van der Waals surface area contributed by atoms with Crippen molar-refractivity contribution in [1.82, 2.24) is 10.2 Å². The number of aliphatic hydroxyl groups excluding tert-OH is 1. The molecule has 10 nitrogen and oxygen atoms in total. The maximum absolute atomic E-state index is 14.9. The second-order valence-electron chi connectivity index (χ2n) is 13.1. The monoisotopic (exact) mass is 735 g/mol. The maximum atomic E-state index is 14.9. The molecule has 3 amide bonds. The minimum Gasteiger partial charge on any atom is -0.455 e. The topological polar surface area (TPSA) is 125 Å². The number of aryl methyl sites for hydroxylation is 2. The van der Waals surface area contributed by atoms with E-state index in [1.165, 1.54) is 0 Å². The second kappa shape index (κ2) is 15.8. The fourth-order valence-electron chi connectivity index (χ4n) is 7.75. The quantitative estimate of drug-likeness (QED) is 0.111. The van der Waals surface area contributed by atoms with Crippen LogP contribution in [0.3, 0.4) is 0 Å². The highest BCUT2D eigenvalue weighted by atomic mass is 79.9. The van der Waals surface area contributed by atoms with Crippen LogP contribution in [0.15, 0.2) is 73.8 Å². The number of fused-ring (bicyclic) bond motifs is 1. The van der Waals surface area contributed by atoms with Crippen molar-refractivity contribution in [2.24, 2.45) is 11.8 Å². The summed E-state index contributed by atoms with van der Waals surface area (Å²) in [7, 11) is 0. The fourth-order valence-corrected chi connectivity index (χ4v) is 8.70. The summed E-state index contributed by atoms with van der Waals surface area (Å²) in [6, 6.07) is 13.9. The Morgan fingerprint density at radius 2 is 1.84 bits per heavy atom. The molecule has 3 saturated heterocycles. The number of rotatable bonds is 16. The first-order chi connectivity index (χ1) is 23.6. The van der Waals surface area contributed by atoms with Gasteiger partial charge in [0, 0.05) is 36.6 Å². The molecular weight excluding hydrogens is 690 g/mol. The number of allylic oxidation sites excluding steroid dienone is 1. The Morgan fingerprint density at radius 1 is 1.12 bits per heavy atom. The normalized spacial score (nSPS) is 25.8. The van der Waals surface area contributed by atoms with E-state index < -0.39 is 41.7 Å². The molecule has 5 rings (SSSR count). The number of benzene rings is 2. The zero-order valence-electron chi connectivity index (χ0n) is 28.2. The number of alkyl halides is 1. The molecule has 0 aliphatic carbocycles. The van der Waals surface area contributed by atoms with Crippen LogP contribution < -0.4 is 10.2 Å². The van der Waals surface area contributed by atoms with Gasteiger partial charge in [0.1, 0.15) is 17.7 Å². The van der Waals surface area contributed by atoms with Crippen molar-refractivity contribution in [1.29, 1.82) is 0 Å². The summed E-state index contributed by atoms with van der Waals surface area (Å²) in [5, 5.41) is 12.4. The van der Waals surface area contributed by atoms with Crippen LogP contribution in [0.4, 0.5) is 5.69 Å². The zero-order valence-corrected chi connectivity index (χ0v) is 29.8. The number of hydrogen-bond donors (Lipinski definition) is 2. The van der Waals surface area contributed by atoms with E-state index in [4.69, 9.17) is 9.47 Å². The Balaban J connectivity index is 1.50. The van der Waals surface area contributed by atoms with Gasteiger partial charge in [0.25, 0.3) is 5.91 Å². The maximum Gasteiger partial charge on any atom is 0.313 e. The van der Waals surface area contributed by atoms with Crippen LogP contribution in [-0.2, 0) is 28.7 Å². The largest absolute Gasteiger partial charge is 0.455 e. The van der Waals surface area contributed by atoms with Gasteiger partial charge in [-0.2, -0.15) is 0 Å². The number of likely N-dealkylation sites (tertiary alicyclic amines) is 1. The van der Waals surface area contributed by atoms with Crippen molar-refractivity contribution in [2.75, 3.05) is 31.1 Å². The molecule has 2 aromatic rings. The van der Waals surface area contributed by atoms with Gasteiger partial charge in [-0.1, -0.05) is 76.6 Å². The molecule has 3 fully saturated rings. The standard InChI is InChI=1S/C38H46BrN3O7/c1-5-7-18-29(44)40-23-28(26-16-9-8-10-17-26)48-37(47)30-31-35(45)42(20-11-12-21-43)34(38(31)22-27(39)33(30)49-38)36(46)41(19-6-2)32-24(3)14-13-15-25(32)4/h5-6,8-10,13-17,27-28,30-31,33-34,43H,1-2,7,11-12,18-23H2,3-4H3,(H,40,44)/t27?,28-,30+,31-,33+,34+,38-/m1/s1. The summed E-state index contributed by atoms with van der Waals surface area (Å²) in [6.07, 6.45) is 3.85. The Bertz CT molecular complexity index is 1550. The Kier molecular flexibility index (Phi) is 11.8. The van der Waals surface area contributed by atoms with Gasteiger partial charge in [0.2, 0.25) is 11.8 Å². The number of esters is 1. The average Bonchev–Trinajstić information content (AvgIpc) is 3.68. The lowest BCUT2D eigenvalue weighted by atomic mass is 9.70. The highest BCUT2D eigenvalue weighted by molar-refractivity contribution is 9.09. The van der Waals surface area contributed by atoms with Crippen LogP contribution in [0, 0.1) is 25.7 Å². The lowest BCUT2D eigenvalue weighted by Crippen LogP contribution is -2.57. The molecule has 3 aliphatic rings. The minimum absolute atomic E-state index is 0.0478. The number of amides is 3. The lowest BCUT2D eigenvalue weighted by molar-refractivity contribution is -0.160. The highest BCUT2D eigenvalue weighted by Gasteiger charge is 2.77. The lowest BCUT2D eigenvalue weighted by Gasteiger charge is -2.38. The molecule has 11 heteroatoms. The molecular formula is C38H46BrN3O7. The molecule has 2 bridgehead atoms. The van der Waals surface area contributed by atoms with E-state index in [1.807, 2.05) is 62.4 Å². The third-order valence-electron chi connectivity index (χ3n) is 9.88. The third kappa shape index (κ3) is 7.11. The SMILES string of the molecule is C=CCCC(=O)NC[C@@H](OC(=O)[C@@H]1[C@H]2O[C@@]3(CC2Br)[C@H](C(=O)N(CC=C)c2c(C)cccc2C)N(CCCCO)C(=O)[C@@H]13)c1ccccc1. The highest BCUT2D eigenvalue weighted by Crippen LogP contribution is 2.60. The van der Waals surface area contributed by atoms with Gasteiger partial charge in [-0.15, -0.1) is 13.2 Å². The third-order valence-corrected chi connectivity index (χ3v) is 10.7. The van der Waals surface area contributed by atoms with Crippen LogP contribution in [0.25, 0.3) is 0 Å². The summed E-state index contributed by atoms with van der Waals surface area (Å²) in [4.78, 5) is 59.1. The number of nitrogens with one attached hydrogen (secondary N) is 1. The summed E-state index contributed by atoms with van der Waals surface area (Å²) in [6.45, 7) is 11.9. The molecule has 2 aromatic carbocycles. The van der Waals surface area contributed by atoms with Crippen LogP contribution >= 0.6 is 15.9 Å². The fraction of sp³-hybridized carbons (Fsp3) is 0.474. The number of anilines is 1. The molecule has 7 atom stereocenters. The number of carbonyl (C=O) groups excluding carboxylic acids is 4. The molecule has 1 unspecified atom stereocenters. The number of aliphatic hydroxyl groups is 1. The van der Waals surface area contributed by atoms with E-state index in [9.17, 15) is 24.3 Å². The first kappa shape index (κ1) is 36.5. The number of halogens is 1. The molecule has 0 radical (unpaired) electrons. The molecule has 0 aromatic heterocycles. The summed E-state index contributed by atoms with van der Waals surface area (Å²) < 4.78 is 12.9. The Hall–Kier alpha value is -3.80. The van der Waals surface area contributed by atoms with E-state index in [0.717, 1.165) is 16.8 Å². The van der Waals surface area contributed by atoms with Crippen LogP contribution in [0.1, 0.15) is 54.9 Å². The molecule has 2 N–H and O–H groups in total. The number of para-hydroxylation sites is 1. The average molecular weight is 737 g/mol. The van der Waals surface area contributed by atoms with E-state index in [0.29, 0.717) is 31.2 Å². The van der Waals surface area contributed by atoms with Crippen molar-refractivity contribution >= 4 is 45.3 Å². The van der Waals surface area contributed by atoms with Gasteiger partial charge in [-0.05, 0) is 56.2 Å². The molecule has 0 saturated carbocycles. The molecule has 3 aliphatic heterocycles. The zero-order chi connectivity index (χ0) is 35.3. The number of carbonyl (C=O) groups is 4. The first-order valence-corrected chi connectivity index (χ1v) is 17.9. The van der Waals surface area contributed by atoms with Crippen molar-refractivity contribution in [3.05, 3.63) is 90.5 Å². The number of nitrogens with zero attached hydrogens (tertiary/aromatic N) is 2. The number of unbranched alkanes of at least 4 members (excludes halogenated alkanes) is 1. The first-order valence-electron chi connectivity index (χ1n) is 16.9. The van der Waals surface area contributed by atoms with Crippen molar-refractivity contribution in [2.45, 2.75) is 74.6 Å². The van der Waals surface area contributed by atoms with E-state index in [1.54, 1.807) is 22.0 Å². The van der Waals surface area contributed by atoms with Crippen molar-refractivity contribution in [3.63, 3.8) is 0 Å². The van der Waals surface area contributed by atoms with Crippen LogP contribution in [0.5, 0.6) is 0 Å². The van der Waals surface area contributed by atoms with Gasteiger partial charge in [-0.25, -0.2) is 0 Å². The van der Waals surface area contributed by atoms with Gasteiger partial charge < -0.3 is 29.7 Å².